The van der Waals surface area contributed by atoms with E-state index in [-0.39, 0.29) is 5.54 Å². The Kier molecular flexibility index (Phi) is 2.85. The second-order valence-electron chi connectivity index (χ2n) is 6.51. The second-order valence-corrected chi connectivity index (χ2v) is 6.51. The summed E-state index contributed by atoms with van der Waals surface area (Å²) in [6.45, 7) is 10.4. The highest BCUT2D eigenvalue weighted by Gasteiger charge is 2.51. The molecule has 1 heterocycles. The van der Waals surface area contributed by atoms with Crippen LogP contribution in [0.15, 0.2) is 0 Å². The Hall–Kier alpha value is -0.0800. The number of nitrogens with two attached hydrogens (primary N) is 1. The van der Waals surface area contributed by atoms with Crippen molar-refractivity contribution in [1.29, 1.82) is 0 Å². The molecule has 2 rings (SSSR count). The van der Waals surface area contributed by atoms with E-state index >= 15 is 0 Å². The number of hydrogen-bond acceptors (Lipinski definition) is 2. The minimum Gasteiger partial charge on any atom is -0.329 e. The lowest BCUT2D eigenvalue weighted by molar-refractivity contribution is -0.116. The van der Waals surface area contributed by atoms with Crippen LogP contribution in [-0.2, 0) is 0 Å². The summed E-state index contributed by atoms with van der Waals surface area (Å²) in [6, 6.07) is 0. The van der Waals surface area contributed by atoms with E-state index in [9.17, 15) is 0 Å². The van der Waals surface area contributed by atoms with Crippen molar-refractivity contribution in [3.8, 4) is 0 Å². The van der Waals surface area contributed by atoms with Crippen molar-refractivity contribution in [3.05, 3.63) is 0 Å². The summed E-state index contributed by atoms with van der Waals surface area (Å²) >= 11 is 0. The SMILES string of the molecule is CC(C)CC(C)(CN)N1CC2(CCC2)C1. The van der Waals surface area contributed by atoms with Gasteiger partial charge in [0.05, 0.1) is 0 Å². The number of nitrogens with zero attached hydrogens (tertiary/aromatic N) is 1. The molecule has 2 N–H and O–H groups in total. The smallest absolute Gasteiger partial charge is 0.0306 e. The molecule has 1 aliphatic heterocycles. The Bertz CT molecular complexity index is 225. The predicted octanol–water partition coefficient (Wildman–Crippen LogP) is 2.24. The molecule has 2 nitrogen and oxygen atoms in total. The maximum Gasteiger partial charge on any atom is 0.0306 e. The maximum atomic E-state index is 5.97. The summed E-state index contributed by atoms with van der Waals surface area (Å²) in [5.41, 5.74) is 6.96. The monoisotopic (exact) mass is 210 g/mol. The highest BCUT2D eigenvalue weighted by Crippen LogP contribution is 2.50. The lowest BCUT2D eigenvalue weighted by atomic mass is 9.62. The Morgan fingerprint density at radius 1 is 1.33 bits per heavy atom. The van der Waals surface area contributed by atoms with Crippen molar-refractivity contribution in [2.75, 3.05) is 19.6 Å². The number of likely N-dealkylation sites (tertiary alicyclic amines) is 1. The molecule has 2 fully saturated rings. The third kappa shape index (κ3) is 1.94. The van der Waals surface area contributed by atoms with Crippen LogP contribution in [0.5, 0.6) is 0 Å². The van der Waals surface area contributed by atoms with Gasteiger partial charge in [0, 0.05) is 25.2 Å². The minimum atomic E-state index is 0.259. The second kappa shape index (κ2) is 3.74. The van der Waals surface area contributed by atoms with Crippen LogP contribution in [-0.4, -0.2) is 30.1 Å². The van der Waals surface area contributed by atoms with E-state index in [1.807, 2.05) is 0 Å². The first-order valence-corrected chi connectivity index (χ1v) is 6.45. The van der Waals surface area contributed by atoms with Crippen LogP contribution in [0.4, 0.5) is 0 Å². The fourth-order valence-corrected chi connectivity index (χ4v) is 3.36. The Morgan fingerprint density at radius 3 is 2.27 bits per heavy atom. The van der Waals surface area contributed by atoms with Crippen molar-refractivity contribution in [2.45, 2.75) is 52.0 Å². The molecule has 1 unspecified atom stereocenters. The zero-order chi connectivity index (χ0) is 11.1. The minimum absolute atomic E-state index is 0.259. The molecule has 0 aromatic rings. The lowest BCUT2D eigenvalue weighted by Gasteiger charge is -2.61. The van der Waals surface area contributed by atoms with Gasteiger partial charge in [0.25, 0.3) is 0 Å². The van der Waals surface area contributed by atoms with Crippen molar-refractivity contribution in [3.63, 3.8) is 0 Å². The van der Waals surface area contributed by atoms with Gasteiger partial charge in [-0.3, -0.25) is 4.90 Å². The van der Waals surface area contributed by atoms with E-state index in [0.717, 1.165) is 17.9 Å². The van der Waals surface area contributed by atoms with E-state index in [4.69, 9.17) is 5.73 Å². The molecule has 2 aliphatic rings. The van der Waals surface area contributed by atoms with Gasteiger partial charge in [-0.1, -0.05) is 20.3 Å². The third-order valence-corrected chi connectivity index (χ3v) is 4.52. The van der Waals surface area contributed by atoms with Crippen LogP contribution in [0.3, 0.4) is 0 Å². The fourth-order valence-electron chi connectivity index (χ4n) is 3.36. The van der Waals surface area contributed by atoms with Gasteiger partial charge in [0.1, 0.15) is 0 Å². The summed E-state index contributed by atoms with van der Waals surface area (Å²) in [5.74, 6) is 0.747. The Morgan fingerprint density at radius 2 is 1.93 bits per heavy atom. The first-order valence-electron chi connectivity index (χ1n) is 6.45. The van der Waals surface area contributed by atoms with Crippen LogP contribution in [0.2, 0.25) is 0 Å². The quantitative estimate of drug-likeness (QED) is 0.771. The zero-order valence-electron chi connectivity index (χ0n) is 10.6. The maximum absolute atomic E-state index is 5.97. The van der Waals surface area contributed by atoms with Gasteiger partial charge in [0.2, 0.25) is 0 Å². The van der Waals surface area contributed by atoms with Gasteiger partial charge in [-0.05, 0) is 37.5 Å². The molecule has 88 valence electrons. The first-order chi connectivity index (χ1) is 7.00. The summed E-state index contributed by atoms with van der Waals surface area (Å²) in [7, 11) is 0. The average Bonchev–Trinajstić information content (AvgIpc) is 1.97. The number of hydrogen-bond donors (Lipinski definition) is 1. The molecule has 0 aromatic carbocycles. The molecule has 1 atom stereocenters. The molecular formula is C13H26N2. The van der Waals surface area contributed by atoms with Gasteiger partial charge in [-0.15, -0.1) is 0 Å². The van der Waals surface area contributed by atoms with Gasteiger partial charge >= 0.3 is 0 Å². The molecule has 1 saturated heterocycles. The molecule has 0 radical (unpaired) electrons. The normalized spacial score (nSPS) is 28.6. The molecule has 0 bridgehead atoms. The highest BCUT2D eigenvalue weighted by atomic mass is 15.3. The van der Waals surface area contributed by atoms with Gasteiger partial charge in [0.15, 0.2) is 0 Å². The fraction of sp³-hybridized carbons (Fsp3) is 1.00. The third-order valence-electron chi connectivity index (χ3n) is 4.52. The Balaban J connectivity index is 1.90. The summed E-state index contributed by atoms with van der Waals surface area (Å²) in [5, 5.41) is 0. The van der Waals surface area contributed by atoms with E-state index < -0.39 is 0 Å². The molecule has 1 aliphatic carbocycles. The van der Waals surface area contributed by atoms with E-state index in [2.05, 4.69) is 25.7 Å². The van der Waals surface area contributed by atoms with Crippen molar-refractivity contribution < 1.29 is 0 Å². The van der Waals surface area contributed by atoms with Crippen LogP contribution in [0.25, 0.3) is 0 Å². The standard InChI is InChI=1S/C13H26N2/c1-11(2)7-12(3,8-14)15-9-13(10-15)5-4-6-13/h11H,4-10,14H2,1-3H3. The van der Waals surface area contributed by atoms with Gasteiger partial charge < -0.3 is 5.73 Å². The lowest BCUT2D eigenvalue weighted by Crippen LogP contribution is -2.68. The van der Waals surface area contributed by atoms with Gasteiger partial charge in [-0.2, -0.15) is 0 Å². The predicted molar refractivity (Wildman–Crippen MR) is 64.8 cm³/mol. The molecule has 1 saturated carbocycles. The summed E-state index contributed by atoms with van der Waals surface area (Å²) in [4.78, 5) is 2.63. The molecule has 0 aromatic heterocycles. The number of rotatable bonds is 4. The largest absolute Gasteiger partial charge is 0.329 e. The summed E-state index contributed by atoms with van der Waals surface area (Å²) in [6.07, 6.45) is 5.62. The van der Waals surface area contributed by atoms with Crippen LogP contribution < -0.4 is 5.73 Å². The Labute approximate surface area is 94.2 Å². The van der Waals surface area contributed by atoms with Crippen LogP contribution in [0.1, 0.15) is 46.5 Å². The molecule has 2 heteroatoms. The average molecular weight is 210 g/mol. The first kappa shape index (κ1) is 11.4. The topological polar surface area (TPSA) is 29.3 Å². The zero-order valence-corrected chi connectivity index (χ0v) is 10.6. The van der Waals surface area contributed by atoms with E-state index in [0.29, 0.717) is 0 Å². The van der Waals surface area contributed by atoms with Crippen molar-refractivity contribution in [2.24, 2.45) is 17.1 Å². The molecule has 0 amide bonds. The highest BCUT2D eigenvalue weighted by molar-refractivity contribution is 5.06. The van der Waals surface area contributed by atoms with Gasteiger partial charge in [-0.25, -0.2) is 0 Å². The molecule has 1 spiro atoms. The van der Waals surface area contributed by atoms with E-state index in [1.165, 1.54) is 38.8 Å². The van der Waals surface area contributed by atoms with Crippen molar-refractivity contribution >= 4 is 0 Å². The van der Waals surface area contributed by atoms with Crippen molar-refractivity contribution in [1.82, 2.24) is 4.90 Å². The summed E-state index contributed by atoms with van der Waals surface area (Å²) < 4.78 is 0. The molecular weight excluding hydrogens is 184 g/mol. The molecule has 15 heavy (non-hydrogen) atoms. The van der Waals surface area contributed by atoms with Crippen LogP contribution >= 0.6 is 0 Å². The van der Waals surface area contributed by atoms with E-state index in [1.54, 1.807) is 0 Å². The van der Waals surface area contributed by atoms with Crippen LogP contribution in [0, 0.1) is 11.3 Å².